The fourth-order valence-electron chi connectivity index (χ4n) is 2.02. The summed E-state index contributed by atoms with van der Waals surface area (Å²) < 4.78 is 6.54. The van der Waals surface area contributed by atoms with Crippen molar-refractivity contribution in [2.24, 2.45) is 0 Å². The summed E-state index contributed by atoms with van der Waals surface area (Å²) in [5, 5.41) is 3.59. The Bertz CT molecular complexity index is 417. The van der Waals surface area contributed by atoms with Gasteiger partial charge >= 0.3 is 0 Å². The molecule has 106 valence electrons. The minimum absolute atomic E-state index is 0.274. The van der Waals surface area contributed by atoms with Crippen molar-refractivity contribution >= 4 is 15.9 Å². The molecule has 0 bridgehead atoms. The minimum Gasteiger partial charge on any atom is -0.496 e. The maximum absolute atomic E-state index is 5.50. The van der Waals surface area contributed by atoms with Crippen molar-refractivity contribution in [2.45, 2.75) is 39.2 Å². The summed E-state index contributed by atoms with van der Waals surface area (Å²) in [4.78, 5) is 0. The highest BCUT2D eigenvalue weighted by atomic mass is 79.9. The highest BCUT2D eigenvalue weighted by Crippen LogP contribution is 2.32. The average Bonchev–Trinajstić information content (AvgIpc) is 2.43. The van der Waals surface area contributed by atoms with Crippen LogP contribution in [0.5, 0.6) is 5.75 Å². The lowest BCUT2D eigenvalue weighted by Gasteiger charge is -2.22. The fourth-order valence-corrected chi connectivity index (χ4v) is 2.36. The normalized spacial score (nSPS) is 12.2. The summed E-state index contributed by atoms with van der Waals surface area (Å²) in [6, 6.07) is 6.48. The summed E-state index contributed by atoms with van der Waals surface area (Å²) in [5.74, 6) is 0.923. The molecule has 0 spiro atoms. The Kier molecular flexibility index (Phi) is 7.17. The van der Waals surface area contributed by atoms with Crippen LogP contribution in [0.4, 0.5) is 0 Å². The second-order valence-corrected chi connectivity index (χ2v) is 5.62. The number of methoxy groups -OCH3 is 1. The van der Waals surface area contributed by atoms with E-state index in [2.05, 4.69) is 53.8 Å². The molecule has 3 heteroatoms. The highest BCUT2D eigenvalue weighted by Gasteiger charge is 2.16. The van der Waals surface area contributed by atoms with Crippen LogP contribution < -0.4 is 10.1 Å². The van der Waals surface area contributed by atoms with Crippen LogP contribution in [0.15, 0.2) is 34.8 Å². The number of benzene rings is 1. The van der Waals surface area contributed by atoms with Crippen molar-refractivity contribution in [1.82, 2.24) is 5.32 Å². The van der Waals surface area contributed by atoms with Crippen LogP contribution in [-0.2, 0) is 0 Å². The lowest BCUT2D eigenvalue weighted by Crippen LogP contribution is -2.23. The summed E-state index contributed by atoms with van der Waals surface area (Å²) >= 11 is 3.49. The largest absolute Gasteiger partial charge is 0.496 e. The van der Waals surface area contributed by atoms with Crippen LogP contribution >= 0.6 is 15.9 Å². The predicted molar refractivity (Wildman–Crippen MR) is 85.8 cm³/mol. The van der Waals surface area contributed by atoms with E-state index in [4.69, 9.17) is 4.74 Å². The first kappa shape index (κ1) is 16.3. The van der Waals surface area contributed by atoms with Crippen molar-refractivity contribution in [3.8, 4) is 5.75 Å². The van der Waals surface area contributed by atoms with Crippen molar-refractivity contribution < 1.29 is 4.74 Å². The number of hydrogen-bond donors (Lipinski definition) is 1. The molecule has 0 aromatic heterocycles. The van der Waals surface area contributed by atoms with Crippen molar-refractivity contribution in [3.05, 3.63) is 40.4 Å². The molecule has 0 aliphatic carbocycles. The third-order valence-electron chi connectivity index (χ3n) is 3.20. The van der Waals surface area contributed by atoms with Gasteiger partial charge in [0.25, 0.3) is 0 Å². The maximum Gasteiger partial charge on any atom is 0.124 e. The fraction of sp³-hybridized carbons (Fsp3) is 0.500. The number of hydrogen-bond acceptors (Lipinski definition) is 2. The Morgan fingerprint density at radius 2 is 2.16 bits per heavy atom. The molecular formula is C16H24BrNO. The van der Waals surface area contributed by atoms with Gasteiger partial charge in [0.1, 0.15) is 5.75 Å². The summed E-state index contributed by atoms with van der Waals surface area (Å²) in [7, 11) is 1.72. The average molecular weight is 326 g/mol. The van der Waals surface area contributed by atoms with E-state index < -0.39 is 0 Å². The number of halogens is 1. The first-order valence-corrected chi connectivity index (χ1v) is 7.65. The Labute approximate surface area is 125 Å². The van der Waals surface area contributed by atoms with Crippen LogP contribution in [0.1, 0.15) is 44.7 Å². The summed E-state index contributed by atoms with van der Waals surface area (Å²) in [6.45, 7) is 9.46. The van der Waals surface area contributed by atoms with Gasteiger partial charge in [0.2, 0.25) is 0 Å². The highest BCUT2D eigenvalue weighted by molar-refractivity contribution is 9.10. The van der Waals surface area contributed by atoms with Crippen LogP contribution in [0, 0.1) is 0 Å². The van der Waals surface area contributed by atoms with Gasteiger partial charge in [-0.15, -0.1) is 0 Å². The monoisotopic (exact) mass is 325 g/mol. The van der Waals surface area contributed by atoms with E-state index in [0.29, 0.717) is 0 Å². The first-order valence-electron chi connectivity index (χ1n) is 6.85. The molecule has 0 aliphatic rings. The smallest absolute Gasteiger partial charge is 0.124 e. The SMILES string of the molecule is C=C(CC)CC(NCCC)c1ccc(Br)cc1OC. The molecule has 0 amide bonds. The molecule has 0 saturated carbocycles. The van der Waals surface area contributed by atoms with Gasteiger partial charge in [-0.05, 0) is 37.9 Å². The van der Waals surface area contributed by atoms with Crippen LogP contribution in [0.3, 0.4) is 0 Å². The first-order chi connectivity index (χ1) is 9.12. The van der Waals surface area contributed by atoms with Gasteiger partial charge < -0.3 is 10.1 Å². The van der Waals surface area contributed by atoms with Gasteiger partial charge in [-0.2, -0.15) is 0 Å². The minimum atomic E-state index is 0.274. The maximum atomic E-state index is 5.50. The van der Waals surface area contributed by atoms with Gasteiger partial charge in [0, 0.05) is 16.1 Å². The van der Waals surface area contributed by atoms with Crippen molar-refractivity contribution in [3.63, 3.8) is 0 Å². The van der Waals surface area contributed by atoms with Crippen LogP contribution in [-0.4, -0.2) is 13.7 Å². The Hall–Kier alpha value is -0.800. The van der Waals surface area contributed by atoms with E-state index in [9.17, 15) is 0 Å². The van der Waals surface area contributed by atoms with Gasteiger partial charge in [-0.25, -0.2) is 0 Å². The van der Waals surface area contributed by atoms with E-state index in [1.165, 1.54) is 11.1 Å². The molecule has 0 saturated heterocycles. The third kappa shape index (κ3) is 5.00. The standard InChI is InChI=1S/C16H24BrNO/c1-5-9-18-15(10-12(3)6-2)14-8-7-13(17)11-16(14)19-4/h7-8,11,15,18H,3,5-6,9-10H2,1-2,4H3. The molecule has 1 rings (SSSR count). The Morgan fingerprint density at radius 3 is 2.74 bits per heavy atom. The molecule has 0 aliphatic heterocycles. The number of ether oxygens (including phenoxy) is 1. The van der Waals surface area contributed by atoms with Gasteiger partial charge in [0.05, 0.1) is 7.11 Å². The quantitative estimate of drug-likeness (QED) is 0.689. The zero-order valence-electron chi connectivity index (χ0n) is 12.1. The molecule has 1 aromatic carbocycles. The van der Waals surface area contributed by atoms with E-state index in [1.807, 2.05) is 6.07 Å². The molecule has 0 fully saturated rings. The van der Waals surface area contributed by atoms with E-state index in [-0.39, 0.29) is 6.04 Å². The van der Waals surface area contributed by atoms with E-state index >= 15 is 0 Å². The molecule has 19 heavy (non-hydrogen) atoms. The van der Waals surface area contributed by atoms with E-state index in [0.717, 1.165) is 36.0 Å². The van der Waals surface area contributed by atoms with Gasteiger partial charge in [-0.3, -0.25) is 0 Å². The molecule has 1 N–H and O–H groups in total. The second kappa shape index (κ2) is 8.39. The molecule has 0 radical (unpaired) electrons. The van der Waals surface area contributed by atoms with Gasteiger partial charge in [-0.1, -0.05) is 48.0 Å². The van der Waals surface area contributed by atoms with E-state index in [1.54, 1.807) is 7.11 Å². The third-order valence-corrected chi connectivity index (χ3v) is 3.70. The zero-order valence-corrected chi connectivity index (χ0v) is 13.7. The Morgan fingerprint density at radius 1 is 1.42 bits per heavy atom. The summed E-state index contributed by atoms with van der Waals surface area (Å²) in [6.07, 6.45) is 3.09. The molecular weight excluding hydrogens is 302 g/mol. The molecule has 1 aromatic rings. The van der Waals surface area contributed by atoms with Crippen LogP contribution in [0.25, 0.3) is 0 Å². The lowest BCUT2D eigenvalue weighted by molar-refractivity contribution is 0.397. The Balaban J connectivity index is 2.98. The topological polar surface area (TPSA) is 21.3 Å². The summed E-state index contributed by atoms with van der Waals surface area (Å²) in [5.41, 5.74) is 2.47. The molecule has 0 heterocycles. The molecule has 1 atom stereocenters. The van der Waals surface area contributed by atoms with Crippen molar-refractivity contribution in [1.29, 1.82) is 0 Å². The number of rotatable bonds is 8. The zero-order chi connectivity index (χ0) is 14.3. The number of nitrogens with one attached hydrogen (secondary N) is 1. The molecule has 1 unspecified atom stereocenters. The van der Waals surface area contributed by atoms with Crippen molar-refractivity contribution in [2.75, 3.05) is 13.7 Å². The van der Waals surface area contributed by atoms with Crippen LogP contribution in [0.2, 0.25) is 0 Å². The molecule has 2 nitrogen and oxygen atoms in total. The second-order valence-electron chi connectivity index (χ2n) is 4.70. The van der Waals surface area contributed by atoms with Gasteiger partial charge in [0.15, 0.2) is 0 Å². The lowest BCUT2D eigenvalue weighted by atomic mass is 9.97. The predicted octanol–water partition coefficient (Wildman–Crippen LogP) is 4.85.